The zero-order valence-corrected chi connectivity index (χ0v) is 71.4. The Balaban J connectivity index is 0.000000221. The number of thiazole rings is 1. The number of benzene rings is 5. The first-order valence-electron chi connectivity index (χ1n) is 39.4. The summed E-state index contributed by atoms with van der Waals surface area (Å²) in [5.41, 5.74) is 26.7. The van der Waals surface area contributed by atoms with Crippen molar-refractivity contribution in [3.8, 4) is 39.9 Å². The molecule has 0 spiro atoms. The number of pyridine rings is 1. The van der Waals surface area contributed by atoms with Crippen molar-refractivity contribution in [1.29, 1.82) is 0 Å². The van der Waals surface area contributed by atoms with Crippen LogP contribution in [0.2, 0.25) is 19.1 Å². The molecule has 0 aliphatic carbocycles. The van der Waals surface area contributed by atoms with Crippen LogP contribution in [0.5, 0.6) is 11.5 Å². The van der Waals surface area contributed by atoms with E-state index in [9.17, 15) is 13.6 Å². The fourth-order valence-corrected chi connectivity index (χ4v) is 19.0. The standard InChI is InChI=1S/C17H24N2Si.C16H20N4.C14H14F2N2O2.C14H16N4OS.C14H15N3O.C13H18N2O.6CH4/c1-12(2)14-6-7-16(19-10-13(3)18-11-19)15-8-9-20(4,5)17(14)15;1-5-12-8-20(10-17-12)14-7-6-13(11(2)3)16-15(14)18-9-19(16)4;1-8(2)10-4-5-11(18-6-9(3)17-7-18)13-12(10)19-14(15,16)20-13;1-9(2)10-4-5-11(14-13(10)16-8-20-14)18-7-15-12(17-18)6-19-3;1-9(2)11-4-5-12(14-13(11)16-8-18-14)17-6-10(3)15-7-17;1-4-13(16)15-8-7-11-12(15)6-5-10(14-11)9(2)3;;;;;;/h6-7,10-12H,8-9H2,1-5H3;6-11H,5H2,1-4H3;4-8H,1-3H3;4-5,7-9H,6H2,1-3H3;4-9H,1-3H3;5-6,9H,4,7-8H2,1-3H3;6*1H4. The molecular formula is C94H131F2N17O5SSi. The minimum atomic E-state index is -3.63. The van der Waals surface area contributed by atoms with Crippen LogP contribution >= 0.6 is 11.3 Å². The minimum absolute atomic E-state index is 0. The molecule has 1 amide bonds. The first-order chi connectivity index (χ1) is 54.4. The summed E-state index contributed by atoms with van der Waals surface area (Å²) in [5, 5.41) is 6.15. The molecule has 0 radical (unpaired) electrons. The predicted octanol–water partition coefficient (Wildman–Crippen LogP) is 23.8. The van der Waals surface area contributed by atoms with E-state index in [-0.39, 0.29) is 67.9 Å². The van der Waals surface area contributed by atoms with Gasteiger partial charge in [0, 0.05) is 75.3 Å². The minimum Gasteiger partial charge on any atom is -0.441 e. The molecule has 0 saturated carbocycles. The number of aryl methyl sites for hydroxylation is 5. The van der Waals surface area contributed by atoms with Crippen molar-refractivity contribution < 1.29 is 32.2 Å². The van der Waals surface area contributed by atoms with E-state index in [1.54, 1.807) is 81.3 Å². The molecule has 3 aliphatic rings. The molecule has 0 fully saturated rings. The lowest BCUT2D eigenvalue weighted by molar-refractivity contribution is -0.287. The summed E-state index contributed by atoms with van der Waals surface area (Å²) < 4.78 is 59.7. The molecule has 22 nitrogen and oxygen atoms in total. The quantitative estimate of drug-likeness (QED) is 0.0871. The maximum absolute atomic E-state index is 13.4. The van der Waals surface area contributed by atoms with Crippen LogP contribution in [0.4, 0.5) is 14.5 Å². The van der Waals surface area contributed by atoms with Crippen LogP contribution in [0.3, 0.4) is 0 Å². The summed E-state index contributed by atoms with van der Waals surface area (Å²) >= 11 is 1.63. The van der Waals surface area contributed by atoms with Crippen molar-refractivity contribution in [3.63, 3.8) is 0 Å². The highest BCUT2D eigenvalue weighted by Gasteiger charge is 2.46. The van der Waals surface area contributed by atoms with Crippen LogP contribution in [0.1, 0.15) is 257 Å². The van der Waals surface area contributed by atoms with E-state index in [1.165, 1.54) is 46.8 Å². The molecule has 17 rings (SSSR count). The number of halogens is 2. The van der Waals surface area contributed by atoms with Gasteiger partial charge < -0.3 is 46.4 Å². The number of fused-ring (bicyclic) bond motifs is 6. The van der Waals surface area contributed by atoms with Crippen LogP contribution in [0.15, 0.2) is 152 Å². The van der Waals surface area contributed by atoms with Crippen LogP contribution < -0.4 is 19.6 Å². The molecule has 646 valence electrons. The van der Waals surface area contributed by atoms with Crippen LogP contribution in [0, 0.1) is 20.8 Å². The number of imidazole rings is 5. The highest BCUT2D eigenvalue weighted by atomic mass is 32.1. The molecule has 0 atom stereocenters. The fraction of sp³-hybridized carbons (Fsp3) is 0.436. The SMILES string of the molecule is C.C.C.C.C.C.CCC(=O)N1CCc2nc(C(C)C)ccc21.CCc1cn(-c2ccc(C(C)C)c3c2ncn3C)cn1.COCc1ncn(-c2ccc(C(C)C)c3ncsc23)n1.Cc1cn(-c2ccc(C(C)C)c3c2CC[Si]3(C)C)cn1.Cc1cn(-c2ccc(C(C)C)c3c2OC(F)(F)O3)cn1.Cc1cn(-c2ccc(C(C)C)c3ncoc23)cn1. The number of oxazole rings is 1. The maximum Gasteiger partial charge on any atom is 0.586 e. The van der Waals surface area contributed by atoms with Crippen molar-refractivity contribution in [2.45, 2.75) is 255 Å². The van der Waals surface area contributed by atoms with Crippen molar-refractivity contribution in [2.75, 3.05) is 18.6 Å². The monoisotopic (exact) mass is 1680 g/mol. The van der Waals surface area contributed by atoms with Crippen molar-refractivity contribution in [3.05, 3.63) is 221 Å². The lowest BCUT2D eigenvalue weighted by Crippen LogP contribution is -2.40. The highest BCUT2D eigenvalue weighted by molar-refractivity contribution is 7.17. The predicted molar refractivity (Wildman–Crippen MR) is 492 cm³/mol. The smallest absolute Gasteiger partial charge is 0.441 e. The Morgan fingerprint density at radius 2 is 1.07 bits per heavy atom. The third-order valence-electron chi connectivity index (χ3n) is 20.9. The summed E-state index contributed by atoms with van der Waals surface area (Å²) in [6.45, 7) is 42.0. The van der Waals surface area contributed by atoms with Gasteiger partial charge >= 0.3 is 6.29 Å². The van der Waals surface area contributed by atoms with E-state index >= 15 is 0 Å². The van der Waals surface area contributed by atoms with Gasteiger partial charge in [-0.15, -0.1) is 25.2 Å². The van der Waals surface area contributed by atoms with Gasteiger partial charge in [-0.1, -0.05) is 190 Å². The fourth-order valence-electron chi connectivity index (χ4n) is 14.9. The number of anilines is 1. The third-order valence-corrected chi connectivity index (χ3v) is 25.2. The van der Waals surface area contributed by atoms with E-state index in [0.29, 0.717) is 59.7 Å². The molecule has 0 N–H and O–H groups in total. The van der Waals surface area contributed by atoms with Crippen LogP contribution in [-0.4, -0.2) is 111 Å². The second-order valence-electron chi connectivity index (χ2n) is 31.8. The van der Waals surface area contributed by atoms with Crippen molar-refractivity contribution in [2.24, 2.45) is 7.05 Å². The van der Waals surface area contributed by atoms with Crippen molar-refractivity contribution in [1.82, 2.24) is 77.5 Å². The molecule has 9 aromatic heterocycles. The van der Waals surface area contributed by atoms with Gasteiger partial charge in [-0.2, -0.15) is 0 Å². The average Bonchev–Trinajstić information content (AvgIpc) is 1.61. The number of hydrogen-bond donors (Lipinski definition) is 0. The molecule has 120 heavy (non-hydrogen) atoms. The number of ether oxygens (including phenoxy) is 3. The van der Waals surface area contributed by atoms with Gasteiger partial charge in [0.2, 0.25) is 5.91 Å². The summed E-state index contributed by atoms with van der Waals surface area (Å²) in [4.78, 5) is 53.0. The van der Waals surface area contributed by atoms with E-state index < -0.39 is 14.4 Å². The van der Waals surface area contributed by atoms with Gasteiger partial charge in [-0.3, -0.25) is 9.78 Å². The highest BCUT2D eigenvalue weighted by Crippen LogP contribution is 2.49. The first-order valence-corrected chi connectivity index (χ1v) is 43.5. The largest absolute Gasteiger partial charge is 0.586 e. The Bertz CT molecular complexity index is 5690. The van der Waals surface area contributed by atoms with E-state index in [2.05, 4.69) is 237 Å². The second kappa shape index (κ2) is 41.4. The van der Waals surface area contributed by atoms with Gasteiger partial charge in [0.25, 0.3) is 0 Å². The van der Waals surface area contributed by atoms with E-state index in [1.807, 2.05) is 86.9 Å². The summed E-state index contributed by atoms with van der Waals surface area (Å²) in [6, 6.07) is 26.3. The lowest BCUT2D eigenvalue weighted by Gasteiger charge is -2.24. The Kier molecular flexibility index (Phi) is 33.8. The van der Waals surface area contributed by atoms with Gasteiger partial charge in [-0.25, -0.2) is 44.6 Å². The number of carbonyl (C=O) groups excluding carboxylic acids is 1. The second-order valence-corrected chi connectivity index (χ2v) is 37.4. The first kappa shape index (κ1) is 98.0. The zero-order chi connectivity index (χ0) is 81.8. The van der Waals surface area contributed by atoms with Gasteiger partial charge in [0.1, 0.15) is 24.0 Å². The molecule has 0 bridgehead atoms. The van der Waals surface area contributed by atoms with E-state index in [4.69, 9.17) is 9.15 Å². The Morgan fingerprint density at radius 1 is 0.542 bits per heavy atom. The van der Waals surface area contributed by atoms with Crippen molar-refractivity contribution >= 4 is 68.5 Å². The van der Waals surface area contributed by atoms with Gasteiger partial charge in [0.15, 0.2) is 29.3 Å². The zero-order valence-electron chi connectivity index (χ0n) is 69.6. The van der Waals surface area contributed by atoms with Crippen LogP contribution in [-0.2, 0) is 42.4 Å². The van der Waals surface area contributed by atoms with E-state index in [0.717, 1.165) is 103 Å². The maximum atomic E-state index is 13.4. The van der Waals surface area contributed by atoms with Crippen LogP contribution in [0.25, 0.3) is 60.8 Å². The number of rotatable bonds is 15. The molecule has 5 aromatic carbocycles. The lowest BCUT2D eigenvalue weighted by atomic mass is 9.98. The average molecular weight is 1680 g/mol. The molecule has 0 unspecified atom stereocenters. The molecule has 0 saturated heterocycles. The number of amides is 1. The molecule has 3 aliphatic heterocycles. The summed E-state index contributed by atoms with van der Waals surface area (Å²) in [5.74, 6) is 3.51. The summed E-state index contributed by atoms with van der Waals surface area (Å²) in [6.07, 6.45) is 20.2. The number of hydrogen-bond acceptors (Lipinski definition) is 16. The number of carbonyl (C=O) groups is 1. The molecule has 14 aromatic rings. The number of alkyl halides is 2. The third kappa shape index (κ3) is 21.1. The Morgan fingerprint density at radius 3 is 1.64 bits per heavy atom. The molecule has 26 heteroatoms. The normalized spacial score (nSPS) is 13.0. The topological polar surface area (TPSA) is 220 Å². The number of methoxy groups -OCH3 is 1. The Labute approximate surface area is 716 Å². The molecular weight excluding hydrogens is 1550 g/mol. The molecule has 12 heterocycles. The summed E-state index contributed by atoms with van der Waals surface area (Å²) in [7, 11) is 2.43. The van der Waals surface area contributed by atoms with Gasteiger partial charge in [-0.05, 0) is 145 Å². The number of aromatic nitrogens is 16. The Hall–Kier alpha value is -10.8. The number of nitrogens with zero attached hydrogens (tertiary/aromatic N) is 17. The van der Waals surface area contributed by atoms with Gasteiger partial charge in [0.05, 0.1) is 118 Å².